The zero-order valence-corrected chi connectivity index (χ0v) is 17.6. The number of nitrogens with one attached hydrogen (secondary N) is 1. The van der Waals surface area contributed by atoms with Crippen molar-refractivity contribution in [3.8, 4) is 0 Å². The molecule has 0 unspecified atom stereocenters. The van der Waals surface area contributed by atoms with Crippen LogP contribution in [-0.4, -0.2) is 44.8 Å². The molecule has 152 valence electrons. The number of piperidine rings is 1. The number of sulfonamides is 1. The lowest BCUT2D eigenvalue weighted by Gasteiger charge is -2.28. The molecule has 0 spiro atoms. The molecule has 1 aliphatic heterocycles. The van der Waals surface area contributed by atoms with Crippen LogP contribution >= 0.6 is 0 Å². The first-order valence-electron chi connectivity index (χ1n) is 10.1. The van der Waals surface area contributed by atoms with E-state index in [0.717, 1.165) is 50.9 Å². The number of hydrogen-bond donors (Lipinski definition) is 1. The van der Waals surface area contributed by atoms with Gasteiger partial charge >= 0.3 is 0 Å². The van der Waals surface area contributed by atoms with E-state index in [4.69, 9.17) is 0 Å². The van der Waals surface area contributed by atoms with Crippen LogP contribution in [0.15, 0.2) is 23.1 Å². The van der Waals surface area contributed by atoms with Gasteiger partial charge in [-0.3, -0.25) is 4.79 Å². The fourth-order valence-electron chi connectivity index (χ4n) is 3.42. The van der Waals surface area contributed by atoms with Crippen LogP contribution in [-0.2, 0) is 14.8 Å². The van der Waals surface area contributed by atoms with Crippen LogP contribution < -0.4 is 10.2 Å². The van der Waals surface area contributed by atoms with Gasteiger partial charge in [-0.1, -0.05) is 19.8 Å². The van der Waals surface area contributed by atoms with Gasteiger partial charge in [-0.15, -0.1) is 0 Å². The Balaban J connectivity index is 2.37. The van der Waals surface area contributed by atoms with Crippen molar-refractivity contribution in [1.29, 1.82) is 0 Å². The summed E-state index contributed by atoms with van der Waals surface area (Å²) in [5.41, 5.74) is 1.44. The van der Waals surface area contributed by atoms with Gasteiger partial charge in [-0.05, 0) is 51.3 Å². The van der Waals surface area contributed by atoms with E-state index in [1.54, 1.807) is 16.4 Å². The predicted molar refractivity (Wildman–Crippen MR) is 111 cm³/mol. The highest BCUT2D eigenvalue weighted by atomic mass is 32.2. The van der Waals surface area contributed by atoms with Crippen molar-refractivity contribution in [2.24, 2.45) is 0 Å². The summed E-state index contributed by atoms with van der Waals surface area (Å²) in [5.74, 6) is -0.0715. The highest BCUT2D eigenvalue weighted by Gasteiger charge is 2.27. The van der Waals surface area contributed by atoms with Crippen LogP contribution in [0.2, 0.25) is 0 Å². The standard InChI is InChI=1S/C20H33N3O3S/c1-4-7-11-20(24)21-18-16-17(12-13-19(18)22(5-2)6-3)27(25,26)23-14-9-8-10-15-23/h12-13,16H,4-11,14-15H2,1-3H3,(H,21,24). The minimum absolute atomic E-state index is 0.0715. The third kappa shape index (κ3) is 5.45. The predicted octanol–water partition coefficient (Wildman–Crippen LogP) is 3.84. The van der Waals surface area contributed by atoms with E-state index in [-0.39, 0.29) is 10.8 Å². The van der Waals surface area contributed by atoms with E-state index in [2.05, 4.69) is 10.2 Å². The Morgan fingerprint density at radius 2 is 1.78 bits per heavy atom. The van der Waals surface area contributed by atoms with Gasteiger partial charge in [-0.25, -0.2) is 8.42 Å². The number of benzene rings is 1. The average Bonchev–Trinajstić information content (AvgIpc) is 2.69. The first-order valence-corrected chi connectivity index (χ1v) is 11.6. The van der Waals surface area contributed by atoms with Gasteiger partial charge in [0.15, 0.2) is 0 Å². The summed E-state index contributed by atoms with van der Waals surface area (Å²) in [5, 5.41) is 2.95. The van der Waals surface area contributed by atoms with Crippen molar-refractivity contribution < 1.29 is 13.2 Å². The fraction of sp³-hybridized carbons (Fsp3) is 0.650. The van der Waals surface area contributed by atoms with Crippen molar-refractivity contribution in [1.82, 2.24) is 4.31 Å². The summed E-state index contributed by atoms with van der Waals surface area (Å²) < 4.78 is 27.6. The van der Waals surface area contributed by atoms with Crippen LogP contribution in [0, 0.1) is 0 Å². The van der Waals surface area contributed by atoms with Crippen molar-refractivity contribution in [3.63, 3.8) is 0 Å². The second-order valence-electron chi connectivity index (χ2n) is 6.97. The van der Waals surface area contributed by atoms with E-state index in [1.165, 1.54) is 0 Å². The molecule has 1 N–H and O–H groups in total. The van der Waals surface area contributed by atoms with Gasteiger partial charge in [0.2, 0.25) is 15.9 Å². The fourth-order valence-corrected chi connectivity index (χ4v) is 4.96. The van der Waals surface area contributed by atoms with Gasteiger partial charge in [0.25, 0.3) is 0 Å². The summed E-state index contributed by atoms with van der Waals surface area (Å²) in [7, 11) is -3.53. The Morgan fingerprint density at radius 3 is 2.37 bits per heavy atom. The third-order valence-electron chi connectivity index (χ3n) is 5.06. The molecule has 0 radical (unpaired) electrons. The van der Waals surface area contributed by atoms with Gasteiger partial charge < -0.3 is 10.2 Å². The average molecular weight is 396 g/mol. The molecule has 1 heterocycles. The smallest absolute Gasteiger partial charge is 0.243 e. The maximum Gasteiger partial charge on any atom is 0.243 e. The van der Waals surface area contributed by atoms with Crippen molar-refractivity contribution in [2.45, 2.75) is 64.2 Å². The Kier molecular flexibility index (Phi) is 8.10. The molecule has 6 nitrogen and oxygen atoms in total. The zero-order chi connectivity index (χ0) is 19.9. The van der Waals surface area contributed by atoms with Crippen molar-refractivity contribution >= 4 is 27.3 Å². The molecule has 1 amide bonds. The Hall–Kier alpha value is -1.60. The molecule has 2 rings (SSSR count). The van der Waals surface area contributed by atoms with Crippen LogP contribution in [0.1, 0.15) is 59.3 Å². The second kappa shape index (κ2) is 10.1. The second-order valence-corrected chi connectivity index (χ2v) is 8.91. The first kappa shape index (κ1) is 21.7. The molecule has 0 saturated carbocycles. The first-order chi connectivity index (χ1) is 12.9. The minimum Gasteiger partial charge on any atom is -0.370 e. The molecular weight excluding hydrogens is 362 g/mol. The van der Waals surface area contributed by atoms with Crippen LogP contribution in [0.3, 0.4) is 0 Å². The van der Waals surface area contributed by atoms with Crippen LogP contribution in [0.25, 0.3) is 0 Å². The molecular formula is C20H33N3O3S. The molecule has 1 fully saturated rings. The highest BCUT2D eigenvalue weighted by Crippen LogP contribution is 2.31. The maximum absolute atomic E-state index is 13.0. The molecule has 1 saturated heterocycles. The number of amides is 1. The van der Waals surface area contributed by atoms with Gasteiger partial charge in [0, 0.05) is 32.6 Å². The Bertz CT molecular complexity index is 724. The quantitative estimate of drug-likeness (QED) is 0.690. The van der Waals surface area contributed by atoms with E-state index in [0.29, 0.717) is 25.2 Å². The molecule has 0 bridgehead atoms. The molecule has 0 aliphatic carbocycles. The van der Waals surface area contributed by atoms with Gasteiger partial charge in [0.05, 0.1) is 16.3 Å². The Labute approximate surface area is 164 Å². The number of nitrogens with zero attached hydrogens (tertiary/aromatic N) is 2. The highest BCUT2D eigenvalue weighted by molar-refractivity contribution is 7.89. The summed E-state index contributed by atoms with van der Waals surface area (Å²) in [6.07, 6.45) is 5.08. The summed E-state index contributed by atoms with van der Waals surface area (Å²) in [6.45, 7) is 8.84. The molecule has 1 aliphatic rings. The van der Waals surface area contributed by atoms with E-state index >= 15 is 0 Å². The molecule has 0 aromatic heterocycles. The van der Waals surface area contributed by atoms with E-state index < -0.39 is 10.0 Å². The lowest BCUT2D eigenvalue weighted by atomic mass is 10.2. The summed E-state index contributed by atoms with van der Waals surface area (Å²) in [4.78, 5) is 14.7. The van der Waals surface area contributed by atoms with Crippen LogP contribution in [0.4, 0.5) is 11.4 Å². The SMILES string of the molecule is CCCCC(=O)Nc1cc(S(=O)(=O)N2CCCCC2)ccc1N(CC)CC. The molecule has 7 heteroatoms. The largest absolute Gasteiger partial charge is 0.370 e. The summed E-state index contributed by atoms with van der Waals surface area (Å²) >= 11 is 0. The molecule has 1 aromatic carbocycles. The maximum atomic E-state index is 13.0. The van der Waals surface area contributed by atoms with Gasteiger partial charge in [-0.2, -0.15) is 4.31 Å². The number of carbonyl (C=O) groups excluding carboxylic acids is 1. The number of rotatable bonds is 9. The minimum atomic E-state index is -3.53. The van der Waals surface area contributed by atoms with Crippen molar-refractivity contribution in [2.75, 3.05) is 36.4 Å². The van der Waals surface area contributed by atoms with E-state index in [9.17, 15) is 13.2 Å². The number of hydrogen-bond acceptors (Lipinski definition) is 4. The molecule has 27 heavy (non-hydrogen) atoms. The number of unbranched alkanes of at least 4 members (excludes halogenated alkanes) is 1. The topological polar surface area (TPSA) is 69.7 Å². The van der Waals surface area contributed by atoms with Gasteiger partial charge in [0.1, 0.15) is 0 Å². The normalized spacial score (nSPS) is 15.5. The zero-order valence-electron chi connectivity index (χ0n) is 16.8. The summed E-state index contributed by atoms with van der Waals surface area (Å²) in [6, 6.07) is 5.11. The Morgan fingerprint density at radius 1 is 1.11 bits per heavy atom. The lowest BCUT2D eigenvalue weighted by molar-refractivity contribution is -0.116. The molecule has 0 atom stereocenters. The lowest BCUT2D eigenvalue weighted by Crippen LogP contribution is -2.35. The molecule has 1 aromatic rings. The monoisotopic (exact) mass is 395 g/mol. The number of carbonyl (C=O) groups is 1. The third-order valence-corrected chi connectivity index (χ3v) is 6.95. The van der Waals surface area contributed by atoms with Crippen molar-refractivity contribution in [3.05, 3.63) is 18.2 Å². The van der Waals surface area contributed by atoms with E-state index in [1.807, 2.05) is 26.8 Å². The van der Waals surface area contributed by atoms with Crippen LogP contribution in [0.5, 0.6) is 0 Å². The number of anilines is 2.